The van der Waals surface area contributed by atoms with Gasteiger partial charge in [0.1, 0.15) is 5.60 Å². The lowest BCUT2D eigenvalue weighted by atomic mass is 10.2. The summed E-state index contributed by atoms with van der Waals surface area (Å²) in [6.07, 6.45) is 0.613. The van der Waals surface area contributed by atoms with E-state index in [4.69, 9.17) is 4.74 Å². The van der Waals surface area contributed by atoms with Crippen molar-refractivity contribution >= 4 is 36.0 Å². The molecule has 0 spiro atoms. The molecule has 0 saturated heterocycles. The number of nitrogens with one attached hydrogen (secondary N) is 3. The number of carbonyl (C=O) groups excluding carboxylic acids is 1. The molecule has 0 unspecified atom stereocenters. The van der Waals surface area contributed by atoms with Crippen molar-refractivity contribution in [2.75, 3.05) is 46.8 Å². The quantitative estimate of drug-likeness (QED) is 0.230. The highest BCUT2D eigenvalue weighted by molar-refractivity contribution is 14.0. The number of halogens is 1. The summed E-state index contributed by atoms with van der Waals surface area (Å²) in [6, 6.07) is 0. The average Bonchev–Trinajstić information content (AvgIpc) is 2.37. The summed E-state index contributed by atoms with van der Waals surface area (Å²) in [7, 11) is 4.10. The zero-order valence-corrected chi connectivity index (χ0v) is 17.7. The van der Waals surface area contributed by atoms with Crippen molar-refractivity contribution in [1.29, 1.82) is 0 Å². The Bertz CT molecular complexity index is 343. The molecular weight excluding hydrogens is 409 g/mol. The molecule has 0 saturated carbocycles. The van der Waals surface area contributed by atoms with Gasteiger partial charge in [-0.1, -0.05) is 0 Å². The predicted octanol–water partition coefficient (Wildman–Crippen LogP) is 1.64. The number of aliphatic imine (C=N–C) groups is 1. The number of ether oxygens (including phenoxy) is 1. The maximum Gasteiger partial charge on any atom is 0.407 e. The highest BCUT2D eigenvalue weighted by atomic mass is 127. The number of hydrogen-bond donors (Lipinski definition) is 3. The molecule has 0 bridgehead atoms. The molecule has 0 aromatic rings. The van der Waals surface area contributed by atoms with Crippen LogP contribution in [0.2, 0.25) is 0 Å². The Balaban J connectivity index is 0. The van der Waals surface area contributed by atoms with Crippen molar-refractivity contribution in [2.24, 2.45) is 4.99 Å². The number of hydrogen-bond acceptors (Lipinski definition) is 4. The molecule has 0 radical (unpaired) electrons. The van der Waals surface area contributed by atoms with Crippen LogP contribution in [0.15, 0.2) is 4.99 Å². The van der Waals surface area contributed by atoms with Crippen LogP contribution in [0.5, 0.6) is 0 Å². The molecule has 0 aliphatic heterocycles. The summed E-state index contributed by atoms with van der Waals surface area (Å²) in [5.41, 5.74) is -0.472. The molecule has 8 heteroatoms. The Morgan fingerprint density at radius 1 is 1.13 bits per heavy atom. The SMILES string of the molecule is CCNC(=NCCCN(C)C)NCCNC(=O)OC(C)(C)C.I. The number of amides is 1. The monoisotopic (exact) mass is 443 g/mol. The number of guanidine groups is 1. The molecule has 0 aromatic carbocycles. The Kier molecular flexibility index (Phi) is 14.5. The maximum atomic E-state index is 11.5. The van der Waals surface area contributed by atoms with Crippen molar-refractivity contribution < 1.29 is 9.53 Å². The standard InChI is InChI=1S/C15H33N5O2.HI/c1-7-16-13(17-9-8-12-20(5)6)18-10-11-19-14(21)22-15(2,3)4;/h7-12H2,1-6H3,(H,19,21)(H2,16,17,18);1H. The highest BCUT2D eigenvalue weighted by Crippen LogP contribution is 2.05. The van der Waals surface area contributed by atoms with Crippen molar-refractivity contribution in [3.05, 3.63) is 0 Å². The van der Waals surface area contributed by atoms with Crippen LogP contribution in [0.3, 0.4) is 0 Å². The first-order chi connectivity index (χ1) is 10.2. The minimum atomic E-state index is -0.472. The summed E-state index contributed by atoms with van der Waals surface area (Å²) < 4.78 is 5.17. The summed E-state index contributed by atoms with van der Waals surface area (Å²) in [6.45, 7) is 11.2. The molecule has 0 rings (SSSR count). The van der Waals surface area contributed by atoms with Gasteiger partial charge in [-0.25, -0.2) is 4.79 Å². The van der Waals surface area contributed by atoms with Crippen molar-refractivity contribution in [2.45, 2.75) is 39.7 Å². The lowest BCUT2D eigenvalue weighted by Gasteiger charge is -2.20. The Labute approximate surface area is 158 Å². The van der Waals surface area contributed by atoms with E-state index in [2.05, 4.69) is 39.9 Å². The first-order valence-electron chi connectivity index (χ1n) is 7.88. The molecule has 0 aliphatic rings. The minimum absolute atomic E-state index is 0. The van der Waals surface area contributed by atoms with Gasteiger partial charge in [-0.05, 0) is 54.8 Å². The number of alkyl carbamates (subject to hydrolysis) is 1. The Hall–Kier alpha value is -0.770. The molecule has 0 aromatic heterocycles. The zero-order valence-electron chi connectivity index (χ0n) is 15.4. The molecule has 0 fully saturated rings. The van der Waals surface area contributed by atoms with Gasteiger partial charge in [0.25, 0.3) is 0 Å². The van der Waals surface area contributed by atoms with Gasteiger partial charge in [-0.3, -0.25) is 4.99 Å². The fraction of sp³-hybridized carbons (Fsp3) is 0.867. The predicted molar refractivity (Wildman–Crippen MR) is 107 cm³/mol. The van der Waals surface area contributed by atoms with Gasteiger partial charge in [-0.2, -0.15) is 0 Å². The van der Waals surface area contributed by atoms with E-state index < -0.39 is 11.7 Å². The molecule has 0 atom stereocenters. The third-order valence-electron chi connectivity index (χ3n) is 2.46. The van der Waals surface area contributed by atoms with Gasteiger partial charge in [0, 0.05) is 26.2 Å². The molecular formula is C15H34IN5O2. The topological polar surface area (TPSA) is 78.0 Å². The third-order valence-corrected chi connectivity index (χ3v) is 2.46. The second-order valence-electron chi connectivity index (χ2n) is 6.27. The van der Waals surface area contributed by atoms with E-state index in [1.165, 1.54) is 0 Å². The second-order valence-corrected chi connectivity index (χ2v) is 6.27. The van der Waals surface area contributed by atoms with Crippen LogP contribution in [-0.2, 0) is 4.74 Å². The summed E-state index contributed by atoms with van der Waals surface area (Å²) in [5.74, 6) is 0.771. The largest absolute Gasteiger partial charge is 0.444 e. The average molecular weight is 443 g/mol. The van der Waals surface area contributed by atoms with Gasteiger partial charge >= 0.3 is 6.09 Å². The molecule has 23 heavy (non-hydrogen) atoms. The lowest BCUT2D eigenvalue weighted by Crippen LogP contribution is -2.42. The van der Waals surface area contributed by atoms with E-state index in [1.54, 1.807) is 0 Å². The van der Waals surface area contributed by atoms with E-state index in [-0.39, 0.29) is 24.0 Å². The summed E-state index contributed by atoms with van der Waals surface area (Å²) >= 11 is 0. The third kappa shape index (κ3) is 17.4. The Morgan fingerprint density at radius 2 is 1.74 bits per heavy atom. The van der Waals surface area contributed by atoms with Crippen molar-refractivity contribution in [1.82, 2.24) is 20.9 Å². The smallest absolute Gasteiger partial charge is 0.407 e. The minimum Gasteiger partial charge on any atom is -0.444 e. The van der Waals surface area contributed by atoms with Crippen LogP contribution < -0.4 is 16.0 Å². The van der Waals surface area contributed by atoms with Crippen LogP contribution >= 0.6 is 24.0 Å². The maximum absolute atomic E-state index is 11.5. The second kappa shape index (κ2) is 13.6. The van der Waals surface area contributed by atoms with E-state index in [0.717, 1.165) is 32.0 Å². The Morgan fingerprint density at radius 3 is 2.26 bits per heavy atom. The van der Waals surface area contributed by atoms with E-state index in [9.17, 15) is 4.79 Å². The first-order valence-corrected chi connectivity index (χ1v) is 7.88. The molecule has 0 heterocycles. The van der Waals surface area contributed by atoms with E-state index in [1.807, 2.05) is 27.7 Å². The van der Waals surface area contributed by atoms with E-state index >= 15 is 0 Å². The molecule has 1 amide bonds. The van der Waals surface area contributed by atoms with Gasteiger partial charge in [0.05, 0.1) is 0 Å². The van der Waals surface area contributed by atoms with Crippen LogP contribution in [0.25, 0.3) is 0 Å². The molecule has 0 aliphatic carbocycles. The van der Waals surface area contributed by atoms with Crippen molar-refractivity contribution in [3.8, 4) is 0 Å². The molecule has 7 nitrogen and oxygen atoms in total. The van der Waals surface area contributed by atoms with Gasteiger partial charge in [0.15, 0.2) is 5.96 Å². The fourth-order valence-electron chi connectivity index (χ4n) is 1.58. The van der Waals surface area contributed by atoms with Crippen LogP contribution in [0.4, 0.5) is 4.79 Å². The van der Waals surface area contributed by atoms with Gasteiger partial charge in [-0.15, -0.1) is 24.0 Å². The fourth-order valence-corrected chi connectivity index (χ4v) is 1.58. The van der Waals surface area contributed by atoms with E-state index in [0.29, 0.717) is 13.1 Å². The van der Waals surface area contributed by atoms with Gasteiger partial charge in [0.2, 0.25) is 0 Å². The van der Waals surface area contributed by atoms with Gasteiger partial charge < -0.3 is 25.6 Å². The number of rotatable bonds is 8. The van der Waals surface area contributed by atoms with Crippen LogP contribution in [0.1, 0.15) is 34.1 Å². The summed E-state index contributed by atoms with van der Waals surface area (Å²) in [5, 5.41) is 9.07. The number of nitrogens with zero attached hydrogens (tertiary/aromatic N) is 2. The molecule has 138 valence electrons. The zero-order chi connectivity index (χ0) is 17.0. The highest BCUT2D eigenvalue weighted by Gasteiger charge is 2.15. The normalized spacial score (nSPS) is 11.7. The lowest BCUT2D eigenvalue weighted by molar-refractivity contribution is 0.0529. The van der Waals surface area contributed by atoms with Crippen LogP contribution in [0, 0.1) is 0 Å². The number of carbonyl (C=O) groups is 1. The molecule has 3 N–H and O–H groups in total. The summed E-state index contributed by atoms with van der Waals surface area (Å²) in [4.78, 5) is 18.1. The van der Waals surface area contributed by atoms with Crippen LogP contribution in [-0.4, -0.2) is 69.4 Å². The van der Waals surface area contributed by atoms with Crippen molar-refractivity contribution in [3.63, 3.8) is 0 Å². The first kappa shape index (κ1) is 24.5.